The second-order valence-corrected chi connectivity index (χ2v) is 13.2. The van der Waals surface area contributed by atoms with E-state index in [1.807, 2.05) is 19.9 Å². The van der Waals surface area contributed by atoms with Gasteiger partial charge in [0, 0.05) is 17.1 Å². The molecule has 0 N–H and O–H groups in total. The number of hydrogen-bond acceptors (Lipinski definition) is 3. The molecule has 0 aliphatic carbocycles. The molecule has 0 amide bonds. The summed E-state index contributed by atoms with van der Waals surface area (Å²) < 4.78 is 7.26. The van der Waals surface area contributed by atoms with E-state index in [0.717, 1.165) is 4.47 Å². The van der Waals surface area contributed by atoms with Crippen LogP contribution in [0.5, 0.6) is 0 Å². The van der Waals surface area contributed by atoms with Gasteiger partial charge in [-0.15, -0.1) is 0 Å². The van der Waals surface area contributed by atoms with Gasteiger partial charge in [-0.1, -0.05) is 20.8 Å². The van der Waals surface area contributed by atoms with Crippen molar-refractivity contribution in [1.82, 2.24) is 4.98 Å². The van der Waals surface area contributed by atoms with Crippen LogP contribution in [0.4, 0.5) is 0 Å². The molecule has 0 saturated carbocycles. The Labute approximate surface area is 137 Å². The van der Waals surface area contributed by atoms with Gasteiger partial charge in [0.15, 0.2) is 14.1 Å². The molecule has 1 rings (SSSR count). The lowest BCUT2D eigenvalue weighted by Crippen LogP contribution is -2.48. The normalized spacial score (nSPS) is 13.3. The third kappa shape index (κ3) is 5.31. The van der Waals surface area contributed by atoms with Crippen LogP contribution >= 0.6 is 15.9 Å². The number of aromatic nitrogens is 1. The van der Waals surface area contributed by atoms with Crippen molar-refractivity contribution in [3.8, 4) is 0 Å². The Morgan fingerprint density at radius 1 is 1.24 bits per heavy atom. The Bertz CT molecular complexity index is 504. The lowest BCUT2D eigenvalue weighted by atomic mass is 10.0. The minimum atomic E-state index is -1.90. The summed E-state index contributed by atoms with van der Waals surface area (Å²) in [6, 6.07) is 3.58. The van der Waals surface area contributed by atoms with Gasteiger partial charge in [-0.05, 0) is 60.0 Å². The molecule has 0 aliphatic heterocycles. The second-order valence-electron chi connectivity index (χ2n) is 7.58. The number of carbonyl (C=O) groups excluding carboxylic acids is 1. The zero-order chi connectivity index (χ0) is 16.5. The minimum absolute atomic E-state index is 0.0196. The summed E-state index contributed by atoms with van der Waals surface area (Å²) in [5, 5.41) is 0.128. The highest BCUT2D eigenvalue weighted by molar-refractivity contribution is 9.10. The number of pyridine rings is 1. The third-order valence-electron chi connectivity index (χ3n) is 3.94. The first-order valence-corrected chi connectivity index (χ1v) is 10.9. The van der Waals surface area contributed by atoms with E-state index in [1.165, 1.54) is 0 Å². The topological polar surface area (TPSA) is 39.2 Å². The fourth-order valence-electron chi connectivity index (χ4n) is 1.90. The Morgan fingerprint density at radius 2 is 1.81 bits per heavy atom. The molecule has 118 valence electrons. The molecule has 0 aliphatic rings. The molecule has 1 heterocycles. The molecule has 0 saturated heterocycles. The maximum atomic E-state index is 12.4. The first-order chi connectivity index (χ1) is 9.34. The maximum absolute atomic E-state index is 12.4. The van der Waals surface area contributed by atoms with E-state index in [4.69, 9.17) is 4.43 Å². The smallest absolute Gasteiger partial charge is 0.192 e. The molecule has 0 aromatic carbocycles. The predicted octanol–water partition coefficient (Wildman–Crippen LogP) is 5.22. The lowest BCUT2D eigenvalue weighted by molar-refractivity contribution is 0.0648. The summed E-state index contributed by atoms with van der Waals surface area (Å²) in [7, 11) is -1.90. The molecular formula is C16H26BrNO2Si. The van der Waals surface area contributed by atoms with Gasteiger partial charge in [0.25, 0.3) is 0 Å². The van der Waals surface area contributed by atoms with Crippen LogP contribution in [0.1, 0.15) is 51.5 Å². The van der Waals surface area contributed by atoms with Crippen molar-refractivity contribution < 1.29 is 9.22 Å². The van der Waals surface area contributed by atoms with Crippen molar-refractivity contribution in [3.63, 3.8) is 0 Å². The molecule has 5 heteroatoms. The number of halogens is 1. The third-order valence-corrected chi connectivity index (χ3v) is 9.08. The minimum Gasteiger partial charge on any atom is -0.411 e. The Morgan fingerprint density at radius 3 is 2.24 bits per heavy atom. The highest BCUT2D eigenvalue weighted by Crippen LogP contribution is 2.39. The second kappa shape index (κ2) is 6.30. The van der Waals surface area contributed by atoms with Crippen LogP contribution in [0.25, 0.3) is 0 Å². The molecule has 1 aromatic rings. The molecule has 0 unspecified atom stereocenters. The molecule has 0 bridgehead atoms. The van der Waals surface area contributed by atoms with Crippen LogP contribution in [0.3, 0.4) is 0 Å². The first-order valence-electron chi connectivity index (χ1n) is 7.19. The van der Waals surface area contributed by atoms with E-state index in [2.05, 4.69) is 54.8 Å². The Hall–Kier alpha value is -0.523. The average molecular weight is 372 g/mol. The summed E-state index contributed by atoms with van der Waals surface area (Å²) in [6.07, 6.45) is 1.99. The van der Waals surface area contributed by atoms with Crippen molar-refractivity contribution in [2.24, 2.45) is 0 Å². The fourth-order valence-corrected chi connectivity index (χ4v) is 3.89. The number of hydrogen-bond donors (Lipinski definition) is 0. The number of carbonyl (C=O) groups is 1. The Kier molecular flexibility index (Phi) is 5.56. The van der Waals surface area contributed by atoms with Crippen molar-refractivity contribution in [2.75, 3.05) is 0 Å². The van der Waals surface area contributed by atoms with Crippen LogP contribution in [-0.4, -0.2) is 24.7 Å². The molecule has 3 nitrogen and oxygen atoms in total. The monoisotopic (exact) mass is 371 g/mol. The summed E-state index contributed by atoms with van der Waals surface area (Å²) >= 11 is 3.32. The van der Waals surface area contributed by atoms with Crippen LogP contribution in [-0.2, 0) is 4.43 Å². The van der Waals surface area contributed by atoms with Gasteiger partial charge < -0.3 is 4.43 Å². The maximum Gasteiger partial charge on any atom is 0.192 e. The highest BCUT2D eigenvalue weighted by atomic mass is 79.9. The van der Waals surface area contributed by atoms with Gasteiger partial charge in [-0.2, -0.15) is 0 Å². The number of nitrogens with zero attached hydrogens (tertiary/aromatic N) is 1. The van der Waals surface area contributed by atoms with E-state index in [1.54, 1.807) is 12.3 Å². The molecule has 21 heavy (non-hydrogen) atoms. The van der Waals surface area contributed by atoms with Crippen molar-refractivity contribution in [3.05, 3.63) is 28.5 Å². The van der Waals surface area contributed by atoms with E-state index >= 15 is 0 Å². The van der Waals surface area contributed by atoms with Crippen LogP contribution in [0.2, 0.25) is 18.1 Å². The molecule has 0 spiro atoms. The van der Waals surface area contributed by atoms with Crippen LogP contribution in [0, 0.1) is 0 Å². The van der Waals surface area contributed by atoms with E-state index in [-0.39, 0.29) is 10.8 Å². The van der Waals surface area contributed by atoms with Crippen molar-refractivity contribution in [1.29, 1.82) is 0 Å². The first kappa shape index (κ1) is 18.5. The van der Waals surface area contributed by atoms with Gasteiger partial charge in [0.1, 0.15) is 5.69 Å². The summed E-state index contributed by atoms with van der Waals surface area (Å²) in [4.78, 5) is 16.5. The molecule has 0 radical (unpaired) electrons. The molecule has 1 aromatic heterocycles. The number of ketones is 1. The SMILES string of the molecule is CC(C)(CC(=O)c1ccc(Br)cn1)O[Si](C)(C)C(C)(C)C. The number of Topliss-reactive ketones (excluding diaryl/α,β-unsaturated/α-hetero) is 1. The summed E-state index contributed by atoms with van der Waals surface area (Å²) in [5.74, 6) is 0.0196. The van der Waals surface area contributed by atoms with E-state index < -0.39 is 13.9 Å². The summed E-state index contributed by atoms with van der Waals surface area (Å²) in [6.45, 7) is 15.0. The largest absolute Gasteiger partial charge is 0.411 e. The average Bonchev–Trinajstić information content (AvgIpc) is 2.25. The predicted molar refractivity (Wildman–Crippen MR) is 93.2 cm³/mol. The number of rotatable bonds is 5. The van der Waals surface area contributed by atoms with Gasteiger partial charge in [0.05, 0.1) is 5.60 Å². The molecular weight excluding hydrogens is 346 g/mol. The van der Waals surface area contributed by atoms with Crippen molar-refractivity contribution >= 4 is 30.0 Å². The molecule has 0 atom stereocenters. The van der Waals surface area contributed by atoms with Gasteiger partial charge >= 0.3 is 0 Å². The zero-order valence-electron chi connectivity index (χ0n) is 14.1. The van der Waals surface area contributed by atoms with Gasteiger partial charge in [-0.25, -0.2) is 0 Å². The zero-order valence-corrected chi connectivity index (χ0v) is 16.7. The highest BCUT2D eigenvalue weighted by Gasteiger charge is 2.42. The molecule has 0 fully saturated rings. The van der Waals surface area contributed by atoms with Crippen molar-refractivity contribution in [2.45, 2.75) is 64.8 Å². The standard InChI is InChI=1S/C16H26BrNO2Si/c1-15(2,3)21(6,7)20-16(4,5)10-14(19)13-9-8-12(17)11-18-13/h8-9,11H,10H2,1-7H3. The quantitative estimate of drug-likeness (QED) is 0.526. The van der Waals surface area contributed by atoms with Gasteiger partial charge in [0.2, 0.25) is 0 Å². The Balaban J connectivity index is 2.81. The van der Waals surface area contributed by atoms with Crippen LogP contribution < -0.4 is 0 Å². The van der Waals surface area contributed by atoms with E-state index in [0.29, 0.717) is 12.1 Å². The van der Waals surface area contributed by atoms with Gasteiger partial charge in [-0.3, -0.25) is 9.78 Å². The fraction of sp³-hybridized carbons (Fsp3) is 0.625. The van der Waals surface area contributed by atoms with E-state index in [9.17, 15) is 4.79 Å². The lowest BCUT2D eigenvalue weighted by Gasteiger charge is -2.42. The van der Waals surface area contributed by atoms with Crippen LogP contribution in [0.15, 0.2) is 22.8 Å². The summed E-state index contributed by atoms with van der Waals surface area (Å²) in [5.41, 5.74) is 0.0135.